The van der Waals surface area contributed by atoms with Crippen LogP contribution in [0.3, 0.4) is 0 Å². The molecule has 1 aromatic carbocycles. The molecule has 16 heavy (non-hydrogen) atoms. The van der Waals surface area contributed by atoms with Crippen molar-refractivity contribution in [1.82, 2.24) is 0 Å². The molecule has 5 heteroatoms. The largest absolute Gasteiger partial charge is 0.463 e. The normalized spacial score (nSPS) is 10.3. The van der Waals surface area contributed by atoms with E-state index in [4.69, 9.17) is 10.2 Å². The maximum absolute atomic E-state index is 11.8. The first kappa shape index (κ1) is 10.2. The maximum atomic E-state index is 11.8. The number of benzene rings is 1. The number of anilines is 1. The van der Waals surface area contributed by atoms with Crippen LogP contribution in [-0.2, 0) is 4.74 Å². The van der Waals surface area contributed by atoms with E-state index in [1.807, 2.05) is 0 Å². The Morgan fingerprint density at radius 2 is 2.06 bits per heavy atom. The van der Waals surface area contributed by atoms with Gasteiger partial charge in [0.1, 0.15) is 11.3 Å². The number of esters is 1. The van der Waals surface area contributed by atoms with Crippen molar-refractivity contribution < 1.29 is 13.9 Å². The summed E-state index contributed by atoms with van der Waals surface area (Å²) in [7, 11) is 1.19. The third-order valence-electron chi connectivity index (χ3n) is 2.20. The van der Waals surface area contributed by atoms with Gasteiger partial charge in [-0.1, -0.05) is 12.1 Å². The molecule has 0 atom stereocenters. The summed E-state index contributed by atoms with van der Waals surface area (Å²) in [4.78, 5) is 23.1. The second-order valence-corrected chi connectivity index (χ2v) is 3.16. The van der Waals surface area contributed by atoms with E-state index in [1.54, 1.807) is 24.3 Å². The summed E-state index contributed by atoms with van der Waals surface area (Å²) < 4.78 is 9.70. The molecule has 0 aliphatic carbocycles. The van der Waals surface area contributed by atoms with Gasteiger partial charge in [-0.15, -0.1) is 0 Å². The van der Waals surface area contributed by atoms with Crippen LogP contribution < -0.4 is 11.2 Å². The summed E-state index contributed by atoms with van der Waals surface area (Å²) in [6.07, 6.45) is 0. The number of carbonyl (C=O) groups is 1. The van der Waals surface area contributed by atoms with E-state index in [9.17, 15) is 9.59 Å². The highest BCUT2D eigenvalue weighted by Gasteiger charge is 2.18. The van der Waals surface area contributed by atoms with Crippen molar-refractivity contribution in [3.63, 3.8) is 0 Å². The van der Waals surface area contributed by atoms with Gasteiger partial charge in [0.15, 0.2) is 0 Å². The smallest absolute Gasteiger partial charge is 0.376 e. The molecule has 0 spiro atoms. The number of nitrogen functional groups attached to an aromatic ring is 1. The number of hydrogen-bond acceptors (Lipinski definition) is 5. The highest BCUT2D eigenvalue weighted by atomic mass is 16.5. The fourth-order valence-electron chi connectivity index (χ4n) is 1.40. The van der Waals surface area contributed by atoms with E-state index in [1.165, 1.54) is 7.11 Å². The van der Waals surface area contributed by atoms with Crippen LogP contribution in [0.4, 0.5) is 5.69 Å². The van der Waals surface area contributed by atoms with Crippen molar-refractivity contribution in [1.29, 1.82) is 0 Å². The number of para-hydroxylation sites is 1. The predicted molar refractivity (Wildman–Crippen MR) is 58.2 cm³/mol. The molecule has 0 aliphatic heterocycles. The van der Waals surface area contributed by atoms with Gasteiger partial charge in [-0.2, -0.15) is 0 Å². The lowest BCUT2D eigenvalue weighted by atomic mass is 10.2. The van der Waals surface area contributed by atoms with Crippen LogP contribution in [-0.4, -0.2) is 13.1 Å². The van der Waals surface area contributed by atoms with Gasteiger partial charge >= 0.3 is 5.97 Å². The molecule has 2 aromatic rings. The quantitative estimate of drug-likeness (QED) is 0.727. The summed E-state index contributed by atoms with van der Waals surface area (Å²) in [6, 6.07) is 6.56. The van der Waals surface area contributed by atoms with E-state index in [2.05, 4.69) is 4.74 Å². The fourth-order valence-corrected chi connectivity index (χ4v) is 1.40. The number of ether oxygens (including phenoxy) is 1. The van der Waals surface area contributed by atoms with Gasteiger partial charge in [0.25, 0.3) is 0 Å². The fraction of sp³-hybridized carbons (Fsp3) is 0.0909. The zero-order valence-electron chi connectivity index (χ0n) is 8.52. The van der Waals surface area contributed by atoms with Crippen molar-refractivity contribution in [2.45, 2.75) is 0 Å². The molecule has 0 aliphatic rings. The molecular weight excluding hydrogens is 210 g/mol. The Balaban J connectivity index is 2.84. The van der Waals surface area contributed by atoms with Crippen molar-refractivity contribution in [2.75, 3.05) is 12.8 Å². The second kappa shape index (κ2) is 3.69. The standard InChI is InChI=1S/C11H9NO4/c1-15-11(14)10-8(12)9(13)6-4-2-3-5-7(6)16-10/h2-5H,12H2,1H3. The van der Waals surface area contributed by atoms with Crippen LogP contribution in [0, 0.1) is 0 Å². The molecule has 0 amide bonds. The highest BCUT2D eigenvalue weighted by molar-refractivity contribution is 5.94. The predicted octanol–water partition coefficient (Wildman–Crippen LogP) is 1.16. The minimum atomic E-state index is -0.764. The van der Waals surface area contributed by atoms with E-state index < -0.39 is 11.4 Å². The van der Waals surface area contributed by atoms with Gasteiger partial charge in [0.05, 0.1) is 12.5 Å². The Morgan fingerprint density at radius 1 is 1.38 bits per heavy atom. The zero-order chi connectivity index (χ0) is 11.7. The SMILES string of the molecule is COC(=O)c1oc2ccccc2c(=O)c1N. The van der Waals surface area contributed by atoms with Crippen LogP contribution in [0.25, 0.3) is 11.0 Å². The minimum Gasteiger partial charge on any atom is -0.463 e. The molecule has 0 saturated heterocycles. The van der Waals surface area contributed by atoms with Crippen LogP contribution in [0.5, 0.6) is 0 Å². The molecule has 82 valence electrons. The number of hydrogen-bond donors (Lipinski definition) is 1. The lowest BCUT2D eigenvalue weighted by Gasteiger charge is -2.03. The number of nitrogens with two attached hydrogens (primary N) is 1. The number of carbonyl (C=O) groups excluding carboxylic acids is 1. The minimum absolute atomic E-state index is 0.231. The first-order chi connectivity index (χ1) is 7.65. The molecular formula is C11H9NO4. The molecule has 2 N–H and O–H groups in total. The van der Waals surface area contributed by atoms with E-state index >= 15 is 0 Å². The second-order valence-electron chi connectivity index (χ2n) is 3.16. The van der Waals surface area contributed by atoms with Crippen LogP contribution in [0.15, 0.2) is 33.5 Å². The van der Waals surface area contributed by atoms with E-state index in [-0.39, 0.29) is 11.4 Å². The number of fused-ring (bicyclic) bond motifs is 1. The third kappa shape index (κ3) is 1.42. The highest BCUT2D eigenvalue weighted by Crippen LogP contribution is 2.17. The van der Waals surface area contributed by atoms with E-state index in [0.29, 0.717) is 11.0 Å². The summed E-state index contributed by atoms with van der Waals surface area (Å²) in [5.41, 5.74) is 5.17. The maximum Gasteiger partial charge on any atom is 0.376 e. The van der Waals surface area contributed by atoms with Crippen molar-refractivity contribution in [3.8, 4) is 0 Å². The molecule has 5 nitrogen and oxygen atoms in total. The van der Waals surface area contributed by atoms with Gasteiger partial charge in [0.2, 0.25) is 11.2 Å². The molecule has 1 aromatic heterocycles. The lowest BCUT2D eigenvalue weighted by Crippen LogP contribution is -2.15. The Bertz CT molecular complexity index is 615. The van der Waals surface area contributed by atoms with Crippen LogP contribution in [0.1, 0.15) is 10.6 Å². The summed E-state index contributed by atoms with van der Waals surface area (Å²) >= 11 is 0. The zero-order valence-corrected chi connectivity index (χ0v) is 8.52. The van der Waals surface area contributed by atoms with Crippen molar-refractivity contribution in [3.05, 3.63) is 40.2 Å². The Morgan fingerprint density at radius 3 is 2.75 bits per heavy atom. The molecule has 2 rings (SSSR count). The van der Waals surface area contributed by atoms with Crippen molar-refractivity contribution >= 4 is 22.6 Å². The van der Waals surface area contributed by atoms with E-state index in [0.717, 1.165) is 0 Å². The average molecular weight is 219 g/mol. The van der Waals surface area contributed by atoms with Crippen LogP contribution in [0.2, 0.25) is 0 Å². The van der Waals surface area contributed by atoms with Gasteiger partial charge in [0, 0.05) is 0 Å². The first-order valence-corrected chi connectivity index (χ1v) is 4.54. The summed E-state index contributed by atoms with van der Waals surface area (Å²) in [5.74, 6) is -1.02. The Kier molecular flexibility index (Phi) is 2.36. The monoisotopic (exact) mass is 219 g/mol. The van der Waals surface area contributed by atoms with Gasteiger partial charge in [-0.3, -0.25) is 4.79 Å². The Hall–Kier alpha value is -2.30. The van der Waals surface area contributed by atoms with Crippen LogP contribution >= 0.6 is 0 Å². The first-order valence-electron chi connectivity index (χ1n) is 4.54. The third-order valence-corrected chi connectivity index (χ3v) is 2.20. The van der Waals surface area contributed by atoms with Gasteiger partial charge < -0.3 is 14.9 Å². The average Bonchev–Trinajstić information content (AvgIpc) is 2.33. The topological polar surface area (TPSA) is 82.5 Å². The molecule has 0 fully saturated rings. The van der Waals surface area contributed by atoms with Gasteiger partial charge in [-0.05, 0) is 12.1 Å². The Labute approximate surface area is 90.4 Å². The van der Waals surface area contributed by atoms with Gasteiger partial charge in [-0.25, -0.2) is 4.79 Å². The number of methoxy groups -OCH3 is 1. The number of rotatable bonds is 1. The molecule has 1 heterocycles. The molecule has 0 radical (unpaired) electrons. The molecule has 0 unspecified atom stereocenters. The molecule has 0 saturated carbocycles. The lowest BCUT2D eigenvalue weighted by molar-refractivity contribution is 0.0567. The summed E-state index contributed by atoms with van der Waals surface area (Å²) in [5, 5.41) is 0.340. The molecule has 0 bridgehead atoms. The van der Waals surface area contributed by atoms with Crippen molar-refractivity contribution in [2.24, 2.45) is 0 Å². The summed E-state index contributed by atoms with van der Waals surface area (Å²) in [6.45, 7) is 0.